The van der Waals surface area contributed by atoms with Crippen LogP contribution in [0, 0.1) is 5.41 Å². The van der Waals surface area contributed by atoms with Crippen molar-refractivity contribution < 1.29 is 85.3 Å². The normalized spacial score (nSPS) is 21.8. The summed E-state index contributed by atoms with van der Waals surface area (Å²) in [5, 5.41) is 26.1. The lowest BCUT2D eigenvalue weighted by atomic mass is 9.87. The molecule has 0 bridgehead atoms. The molecule has 3 aromatic rings. The number of amides is 2. The molecule has 4 rings (SSSR count). The van der Waals surface area contributed by atoms with Gasteiger partial charge in [-0.25, -0.2) is 19.3 Å². The fraction of sp³-hybridized carbons (Fsp3) is 0.545. The van der Waals surface area contributed by atoms with Crippen LogP contribution in [0.25, 0.3) is 11.2 Å². The number of carbonyl (C=O) groups is 4. The number of nitrogens with one attached hydrogen (secondary N) is 2. The van der Waals surface area contributed by atoms with E-state index in [1.807, 2.05) is 30.3 Å². The van der Waals surface area contributed by atoms with Crippen molar-refractivity contribution in [2.45, 2.75) is 76.6 Å². The number of Topliss-reactive ketones (excluding diaryl/α,β-unsaturated/α-hetero) is 1. The van der Waals surface area contributed by atoms with Gasteiger partial charge in [0, 0.05) is 37.1 Å². The molecule has 344 valence electrons. The highest BCUT2D eigenvalue weighted by atomic mass is 32.2. The molecule has 2 amide bonds. The lowest BCUT2D eigenvalue weighted by Crippen LogP contribution is -2.46. The monoisotopic (exact) mass is 951 g/mol. The van der Waals surface area contributed by atoms with Crippen LogP contribution in [0.1, 0.15) is 45.6 Å². The van der Waals surface area contributed by atoms with E-state index in [4.69, 9.17) is 10.5 Å². The summed E-state index contributed by atoms with van der Waals surface area (Å²) < 4.78 is 61.2. The van der Waals surface area contributed by atoms with Gasteiger partial charge in [-0.05, 0) is 18.9 Å². The van der Waals surface area contributed by atoms with Gasteiger partial charge >= 0.3 is 0 Å². The van der Waals surface area contributed by atoms with Crippen LogP contribution in [0.5, 0.6) is 0 Å². The third kappa shape index (κ3) is 14.8. The van der Waals surface area contributed by atoms with Crippen molar-refractivity contribution in [3.63, 3.8) is 0 Å². The number of phosphoric ester groups is 3. The van der Waals surface area contributed by atoms with E-state index in [1.54, 1.807) is 0 Å². The third-order valence-electron chi connectivity index (χ3n) is 9.10. The topological polar surface area (TPSA) is 392 Å². The van der Waals surface area contributed by atoms with Crippen LogP contribution >= 0.6 is 35.2 Å². The number of rotatable bonds is 24. The number of carbonyl (C=O) groups excluding carboxylic acids is 4. The Hall–Kier alpha value is -3.55. The number of benzene rings is 1. The number of imidazole rings is 1. The number of anilines is 1. The molecule has 62 heavy (non-hydrogen) atoms. The Morgan fingerprint density at radius 3 is 2.37 bits per heavy atom. The molecule has 6 N–H and O–H groups in total. The number of nitrogen functional groups attached to an aromatic ring is 1. The van der Waals surface area contributed by atoms with Crippen molar-refractivity contribution in [1.82, 2.24) is 30.2 Å². The molecule has 0 spiro atoms. The van der Waals surface area contributed by atoms with Crippen molar-refractivity contribution in [3.8, 4) is 0 Å². The number of phosphoric acid groups is 3. The maximum absolute atomic E-state index is 12.6. The van der Waals surface area contributed by atoms with Crippen LogP contribution in [0.4, 0.5) is 5.82 Å². The first-order chi connectivity index (χ1) is 28.8. The van der Waals surface area contributed by atoms with Gasteiger partial charge in [0.25, 0.3) is 15.6 Å². The Labute approximate surface area is 357 Å². The highest BCUT2D eigenvalue weighted by molar-refractivity contribution is 8.13. The Morgan fingerprint density at radius 1 is 1.02 bits per heavy atom. The largest absolute Gasteiger partial charge is 0.790 e. The predicted octanol–water partition coefficient (Wildman–Crippen LogP) is -2.10. The second kappa shape index (κ2) is 21.4. The van der Waals surface area contributed by atoms with E-state index < -0.39 is 84.1 Å². The molecule has 1 fully saturated rings. The van der Waals surface area contributed by atoms with Crippen LogP contribution in [0.2, 0.25) is 0 Å². The third-order valence-corrected chi connectivity index (χ3v) is 13.0. The van der Waals surface area contributed by atoms with Gasteiger partial charge in [0.05, 0.1) is 33.8 Å². The van der Waals surface area contributed by atoms with E-state index in [-0.39, 0.29) is 66.0 Å². The highest BCUT2D eigenvalue weighted by Gasteiger charge is 2.55. The van der Waals surface area contributed by atoms with E-state index >= 15 is 0 Å². The number of nitrogens with zero attached hydrogens (tertiary/aromatic N) is 4. The second-order valence-electron chi connectivity index (χ2n) is 14.5. The molecular weight excluding hydrogens is 907 g/mol. The number of aliphatic hydroxyl groups excluding tert-OH is 2. The fourth-order valence-electron chi connectivity index (χ4n) is 5.81. The molecule has 1 saturated heterocycles. The molecule has 0 aliphatic carbocycles. The number of aryl methyl sites for hydroxylation is 1. The number of aromatic nitrogens is 4. The summed E-state index contributed by atoms with van der Waals surface area (Å²) in [6.45, 7) is 1.03. The van der Waals surface area contributed by atoms with E-state index in [0.717, 1.165) is 34.5 Å². The molecule has 2 aromatic heterocycles. The van der Waals surface area contributed by atoms with Crippen molar-refractivity contribution in [1.29, 1.82) is 0 Å². The van der Waals surface area contributed by atoms with Crippen LogP contribution in [0.15, 0.2) is 43.0 Å². The fourth-order valence-corrected chi connectivity index (χ4v) is 9.24. The van der Waals surface area contributed by atoms with E-state index in [2.05, 4.69) is 43.5 Å². The minimum absolute atomic E-state index is 0.0280. The van der Waals surface area contributed by atoms with Crippen LogP contribution in [-0.4, -0.2) is 109 Å². The average Bonchev–Trinajstić information content (AvgIpc) is 3.73. The highest BCUT2D eigenvalue weighted by Crippen LogP contribution is 2.56. The Bertz CT molecular complexity index is 2210. The number of aliphatic hydroxyl groups is 2. The zero-order valence-corrected chi connectivity index (χ0v) is 36.8. The molecular formula is C33H44N7O18P3S-4. The summed E-state index contributed by atoms with van der Waals surface area (Å²) in [5.74, 6) is -1.66. The van der Waals surface area contributed by atoms with Crippen molar-refractivity contribution in [3.05, 3.63) is 48.5 Å². The molecule has 0 saturated carbocycles. The Balaban J connectivity index is 1.19. The van der Waals surface area contributed by atoms with Crippen LogP contribution in [0.3, 0.4) is 0 Å². The molecule has 7 unspecified atom stereocenters. The van der Waals surface area contributed by atoms with Gasteiger partial charge in [-0.1, -0.05) is 55.9 Å². The minimum Gasteiger partial charge on any atom is -0.790 e. The first-order valence-electron chi connectivity index (χ1n) is 18.4. The van der Waals surface area contributed by atoms with Gasteiger partial charge in [-0.15, -0.1) is 0 Å². The van der Waals surface area contributed by atoms with E-state index in [9.17, 15) is 62.7 Å². The molecule has 3 heterocycles. The predicted molar refractivity (Wildman–Crippen MR) is 207 cm³/mol. The molecule has 0 radical (unpaired) electrons. The van der Waals surface area contributed by atoms with Gasteiger partial charge in [0.15, 0.2) is 22.3 Å². The van der Waals surface area contributed by atoms with Crippen LogP contribution < -0.4 is 35.9 Å². The zero-order valence-electron chi connectivity index (χ0n) is 33.3. The maximum Gasteiger partial charge on any atom is 0.274 e. The summed E-state index contributed by atoms with van der Waals surface area (Å²) in [6.07, 6.45) is -5.71. The quantitative estimate of drug-likeness (QED) is 0.0365. The van der Waals surface area contributed by atoms with Crippen molar-refractivity contribution in [2.24, 2.45) is 5.41 Å². The van der Waals surface area contributed by atoms with Gasteiger partial charge in [-0.3, -0.25) is 32.9 Å². The second-order valence-corrected chi connectivity index (χ2v) is 19.7. The molecule has 1 aliphatic rings. The number of nitrogens with two attached hydrogens (primary N) is 1. The van der Waals surface area contributed by atoms with E-state index in [1.165, 1.54) is 20.8 Å². The number of hydrogen-bond donors (Lipinski definition) is 5. The van der Waals surface area contributed by atoms with Gasteiger partial charge in [0.2, 0.25) is 11.8 Å². The maximum atomic E-state index is 12.6. The molecule has 1 aliphatic heterocycles. The van der Waals surface area contributed by atoms with Gasteiger partial charge < -0.3 is 69.0 Å². The van der Waals surface area contributed by atoms with Crippen molar-refractivity contribution in [2.75, 3.05) is 37.8 Å². The molecule has 7 atom stereocenters. The minimum atomic E-state index is -5.96. The molecule has 25 nitrogen and oxygen atoms in total. The van der Waals surface area contributed by atoms with E-state index in [0.29, 0.717) is 6.42 Å². The first kappa shape index (κ1) is 51.1. The molecule has 29 heteroatoms. The molecule has 1 aromatic carbocycles. The summed E-state index contributed by atoms with van der Waals surface area (Å²) in [6, 6.07) is 9.34. The Kier molecular flexibility index (Phi) is 17.6. The standard InChI is InChI=1S/C33H48N7O18P3S/c1-32(2,28(45)31(46)36-12-11-23(42)35-13-14-62-24(43)15-21(41)10-9-20-7-5-4-6-8-20)17-55-61(52,53)58-60(50,51)54-16-22-26(57-59(47,48)49)27(44)33(3,56-22)40-19-39-25-29(34)37-18-38-30(25)40/h4-8,18-19,22,26-28,44-45H,9-17H2,1-3H3,(H,35,42)(H,36,46)(H,50,51)(H,52,53)(H2,34,37,38)(H2,47,48,49)/p-4. The van der Waals surface area contributed by atoms with Crippen molar-refractivity contribution >= 4 is 74.9 Å². The van der Waals surface area contributed by atoms with Gasteiger partial charge in [0.1, 0.15) is 42.0 Å². The average molecular weight is 952 g/mol. The van der Waals surface area contributed by atoms with Gasteiger partial charge in [-0.2, -0.15) is 0 Å². The Morgan fingerprint density at radius 2 is 1.69 bits per heavy atom. The number of thioether (sulfide) groups is 1. The summed E-state index contributed by atoms with van der Waals surface area (Å²) >= 11 is 0.888. The van der Waals surface area contributed by atoms with Crippen LogP contribution in [-0.2, 0) is 67.6 Å². The lowest BCUT2D eigenvalue weighted by molar-refractivity contribution is -0.347. The SMILES string of the molecule is CC(C)(COP(=O)([O-])OP(=O)([O-])OCC1OC(C)(n2cnc3c(N)ncnc32)C(O)C1OP(=O)([O-])[O-])C(O)C(=O)NCCC(=O)NCCSC(=O)CC(=O)CCc1ccccc1. The number of ether oxygens (including phenoxy) is 1. The summed E-state index contributed by atoms with van der Waals surface area (Å²) in [5.41, 5.74) is 2.95. The first-order valence-corrected chi connectivity index (χ1v) is 23.8. The lowest BCUT2D eigenvalue weighted by Gasteiger charge is -2.36. The number of hydrogen-bond acceptors (Lipinski definition) is 23. The number of ketones is 1. The number of fused-ring (bicyclic) bond motifs is 1. The zero-order chi connectivity index (χ0) is 46.1. The summed E-state index contributed by atoms with van der Waals surface area (Å²) in [4.78, 5) is 109. The smallest absolute Gasteiger partial charge is 0.274 e. The summed E-state index contributed by atoms with van der Waals surface area (Å²) in [7, 11) is -17.7.